The maximum atomic E-state index is 13.2. The SMILES string of the molecule is COCc1cc(C(=O)Nc2ccc(C)cc2O)ccc1NC(=O)c1ccccc1-c1ccccc1. The first-order chi connectivity index (χ1) is 17.0. The molecular weight excluding hydrogens is 440 g/mol. The zero-order valence-electron chi connectivity index (χ0n) is 19.5. The van der Waals surface area contributed by atoms with Crippen LogP contribution in [0.3, 0.4) is 0 Å². The molecule has 3 N–H and O–H groups in total. The van der Waals surface area contributed by atoms with E-state index in [2.05, 4.69) is 10.6 Å². The molecule has 35 heavy (non-hydrogen) atoms. The molecule has 6 nitrogen and oxygen atoms in total. The molecule has 176 valence electrons. The molecule has 0 atom stereocenters. The Morgan fingerprint density at radius 2 is 1.49 bits per heavy atom. The van der Waals surface area contributed by atoms with Gasteiger partial charge in [0, 0.05) is 29.5 Å². The van der Waals surface area contributed by atoms with Crippen LogP contribution in [0, 0.1) is 6.92 Å². The van der Waals surface area contributed by atoms with E-state index in [1.807, 2.05) is 55.5 Å². The summed E-state index contributed by atoms with van der Waals surface area (Å²) in [4.78, 5) is 26.0. The van der Waals surface area contributed by atoms with Crippen molar-refractivity contribution >= 4 is 23.2 Å². The summed E-state index contributed by atoms with van der Waals surface area (Å²) in [5.41, 5.74) is 5.10. The summed E-state index contributed by atoms with van der Waals surface area (Å²) < 4.78 is 5.31. The molecule has 0 saturated heterocycles. The molecule has 4 aromatic rings. The van der Waals surface area contributed by atoms with Gasteiger partial charge in [-0.15, -0.1) is 0 Å². The van der Waals surface area contributed by atoms with E-state index in [0.29, 0.717) is 28.1 Å². The highest BCUT2D eigenvalue weighted by molar-refractivity contribution is 6.10. The van der Waals surface area contributed by atoms with Crippen LogP contribution in [-0.2, 0) is 11.3 Å². The van der Waals surface area contributed by atoms with Crippen molar-refractivity contribution in [3.8, 4) is 16.9 Å². The van der Waals surface area contributed by atoms with Crippen molar-refractivity contribution in [2.75, 3.05) is 17.7 Å². The lowest BCUT2D eigenvalue weighted by molar-refractivity contribution is 0.102. The van der Waals surface area contributed by atoms with E-state index in [-0.39, 0.29) is 24.2 Å². The van der Waals surface area contributed by atoms with Gasteiger partial charge in [-0.1, -0.05) is 54.6 Å². The normalized spacial score (nSPS) is 10.6. The summed E-state index contributed by atoms with van der Waals surface area (Å²) in [6.45, 7) is 2.06. The standard InChI is InChI=1S/C29H26N2O4/c1-19-12-14-26(27(32)16-19)31-28(33)21-13-15-25(22(17-21)18-35-2)30-29(34)24-11-7-6-10-23(24)20-8-4-3-5-9-20/h3-17,32H,18H2,1-2H3,(H,30,34)(H,31,33). The van der Waals surface area contributed by atoms with Gasteiger partial charge in [0.05, 0.1) is 12.3 Å². The lowest BCUT2D eigenvalue weighted by atomic mass is 9.99. The van der Waals surface area contributed by atoms with Crippen molar-refractivity contribution in [1.29, 1.82) is 0 Å². The highest BCUT2D eigenvalue weighted by Crippen LogP contribution is 2.27. The number of phenols is 1. The molecule has 0 aromatic heterocycles. The Labute approximate surface area is 204 Å². The predicted molar refractivity (Wildman–Crippen MR) is 138 cm³/mol. The fraction of sp³-hybridized carbons (Fsp3) is 0.103. The van der Waals surface area contributed by atoms with Crippen molar-refractivity contribution in [1.82, 2.24) is 0 Å². The summed E-state index contributed by atoms with van der Waals surface area (Å²) in [6.07, 6.45) is 0. The Hall–Kier alpha value is -4.42. The van der Waals surface area contributed by atoms with Crippen molar-refractivity contribution in [2.24, 2.45) is 0 Å². The molecule has 0 bridgehead atoms. The van der Waals surface area contributed by atoms with Crippen LogP contribution < -0.4 is 10.6 Å². The largest absolute Gasteiger partial charge is 0.506 e. The van der Waals surface area contributed by atoms with Crippen molar-refractivity contribution < 1.29 is 19.4 Å². The zero-order chi connectivity index (χ0) is 24.8. The van der Waals surface area contributed by atoms with E-state index < -0.39 is 0 Å². The minimum absolute atomic E-state index is 0.00331. The topological polar surface area (TPSA) is 87.7 Å². The molecule has 0 radical (unpaired) electrons. The number of methoxy groups -OCH3 is 1. The van der Waals surface area contributed by atoms with Crippen LogP contribution in [0.4, 0.5) is 11.4 Å². The van der Waals surface area contributed by atoms with E-state index in [4.69, 9.17) is 4.74 Å². The first kappa shape index (κ1) is 23.7. The lowest BCUT2D eigenvalue weighted by Gasteiger charge is -2.15. The van der Waals surface area contributed by atoms with Gasteiger partial charge in [0.15, 0.2) is 0 Å². The number of aryl methyl sites for hydroxylation is 1. The van der Waals surface area contributed by atoms with Gasteiger partial charge < -0.3 is 20.5 Å². The quantitative estimate of drug-likeness (QED) is 0.291. The predicted octanol–water partition coefficient (Wildman–Crippen LogP) is 6.02. The number of aromatic hydroxyl groups is 1. The second-order valence-corrected chi connectivity index (χ2v) is 8.15. The molecule has 2 amide bonds. The van der Waals surface area contributed by atoms with Crippen LogP contribution in [0.2, 0.25) is 0 Å². The number of carbonyl (C=O) groups is 2. The summed E-state index contributed by atoms with van der Waals surface area (Å²) in [7, 11) is 1.55. The average Bonchev–Trinajstić information content (AvgIpc) is 2.87. The zero-order valence-corrected chi connectivity index (χ0v) is 19.5. The molecule has 0 aliphatic heterocycles. The number of benzene rings is 4. The van der Waals surface area contributed by atoms with Crippen LogP contribution in [0.15, 0.2) is 91.0 Å². The minimum atomic E-state index is -0.381. The van der Waals surface area contributed by atoms with Crippen LogP contribution in [-0.4, -0.2) is 24.0 Å². The van der Waals surface area contributed by atoms with E-state index in [1.165, 1.54) is 0 Å². The summed E-state index contributed by atoms with van der Waals surface area (Å²) in [5, 5.41) is 15.8. The number of amides is 2. The Kier molecular flexibility index (Phi) is 7.24. The third-order valence-corrected chi connectivity index (χ3v) is 5.57. The van der Waals surface area contributed by atoms with Crippen molar-refractivity contribution in [3.63, 3.8) is 0 Å². The second kappa shape index (κ2) is 10.7. The summed E-state index contributed by atoms with van der Waals surface area (Å²) in [6, 6.07) is 27.1. The van der Waals surface area contributed by atoms with Gasteiger partial charge >= 0.3 is 0 Å². The monoisotopic (exact) mass is 466 g/mol. The lowest BCUT2D eigenvalue weighted by Crippen LogP contribution is -2.16. The minimum Gasteiger partial charge on any atom is -0.506 e. The fourth-order valence-electron chi connectivity index (χ4n) is 3.81. The first-order valence-electron chi connectivity index (χ1n) is 11.1. The Bertz CT molecular complexity index is 1370. The summed E-state index contributed by atoms with van der Waals surface area (Å²) in [5.74, 6) is -0.645. The number of nitrogens with one attached hydrogen (secondary N) is 2. The highest BCUT2D eigenvalue weighted by atomic mass is 16.5. The number of hydrogen-bond donors (Lipinski definition) is 3. The van der Waals surface area contributed by atoms with E-state index >= 15 is 0 Å². The highest BCUT2D eigenvalue weighted by Gasteiger charge is 2.16. The van der Waals surface area contributed by atoms with E-state index in [1.54, 1.807) is 49.6 Å². The number of ether oxygens (including phenoxy) is 1. The molecule has 6 heteroatoms. The molecule has 0 aliphatic carbocycles. The number of carbonyl (C=O) groups excluding carboxylic acids is 2. The number of phenolic OH excluding ortho intramolecular Hbond substituents is 1. The van der Waals surface area contributed by atoms with Gasteiger partial charge in [-0.2, -0.15) is 0 Å². The van der Waals surface area contributed by atoms with Crippen LogP contribution in [0.1, 0.15) is 31.8 Å². The van der Waals surface area contributed by atoms with Crippen LogP contribution in [0.5, 0.6) is 5.75 Å². The van der Waals surface area contributed by atoms with Gasteiger partial charge in [-0.25, -0.2) is 0 Å². The Morgan fingerprint density at radius 1 is 0.800 bits per heavy atom. The number of anilines is 2. The molecule has 4 aromatic carbocycles. The molecular formula is C29H26N2O4. The fourth-order valence-corrected chi connectivity index (χ4v) is 3.81. The molecule has 4 rings (SSSR count). The number of rotatable bonds is 7. The van der Waals surface area contributed by atoms with E-state index in [0.717, 1.165) is 16.7 Å². The molecule has 0 spiro atoms. The van der Waals surface area contributed by atoms with Gasteiger partial charge in [0.2, 0.25) is 0 Å². The number of hydrogen-bond acceptors (Lipinski definition) is 4. The molecule has 0 saturated carbocycles. The molecule has 0 heterocycles. The van der Waals surface area contributed by atoms with Crippen molar-refractivity contribution in [3.05, 3.63) is 113 Å². The van der Waals surface area contributed by atoms with Gasteiger partial charge in [0.25, 0.3) is 11.8 Å². The Balaban J connectivity index is 1.58. The average molecular weight is 467 g/mol. The molecule has 0 unspecified atom stereocenters. The molecule has 0 fully saturated rings. The maximum absolute atomic E-state index is 13.2. The third-order valence-electron chi connectivity index (χ3n) is 5.57. The second-order valence-electron chi connectivity index (χ2n) is 8.15. The van der Waals surface area contributed by atoms with Gasteiger partial charge in [-0.05, 0) is 60.0 Å². The third kappa shape index (κ3) is 5.57. The molecule has 0 aliphatic rings. The maximum Gasteiger partial charge on any atom is 0.256 e. The van der Waals surface area contributed by atoms with E-state index in [9.17, 15) is 14.7 Å². The Morgan fingerprint density at radius 3 is 2.23 bits per heavy atom. The van der Waals surface area contributed by atoms with Gasteiger partial charge in [-0.3, -0.25) is 9.59 Å². The van der Waals surface area contributed by atoms with Crippen LogP contribution in [0.25, 0.3) is 11.1 Å². The first-order valence-corrected chi connectivity index (χ1v) is 11.1. The smallest absolute Gasteiger partial charge is 0.256 e. The summed E-state index contributed by atoms with van der Waals surface area (Å²) >= 11 is 0. The van der Waals surface area contributed by atoms with Gasteiger partial charge in [0.1, 0.15) is 5.75 Å². The van der Waals surface area contributed by atoms with Crippen molar-refractivity contribution in [2.45, 2.75) is 13.5 Å². The van der Waals surface area contributed by atoms with Crippen LogP contribution >= 0.6 is 0 Å².